The molecular formula is C10H17N3O3. The molecule has 1 saturated heterocycles. The highest BCUT2D eigenvalue weighted by molar-refractivity contribution is 6.44. The molecule has 1 aliphatic rings. The van der Waals surface area contributed by atoms with Gasteiger partial charge in [-0.2, -0.15) is 0 Å². The molecule has 0 aromatic rings. The summed E-state index contributed by atoms with van der Waals surface area (Å²) in [5.41, 5.74) is 0. The van der Waals surface area contributed by atoms with Crippen LogP contribution in [0, 0.1) is 0 Å². The van der Waals surface area contributed by atoms with E-state index in [1.165, 1.54) is 0 Å². The summed E-state index contributed by atoms with van der Waals surface area (Å²) in [7, 11) is 1.93. The zero-order valence-electron chi connectivity index (χ0n) is 9.82. The largest absolute Gasteiger partial charge is 0.331 e. The molecule has 1 heterocycles. The van der Waals surface area contributed by atoms with Crippen molar-refractivity contribution in [2.75, 3.05) is 20.1 Å². The summed E-state index contributed by atoms with van der Waals surface area (Å²) in [5.74, 6) is -1.60. The second-order valence-electron chi connectivity index (χ2n) is 3.95. The number of nitrogens with zero attached hydrogens (tertiary/aromatic N) is 2. The Kier molecular flexibility index (Phi) is 4.00. The number of hydrogen-bond acceptors (Lipinski definition) is 4. The van der Waals surface area contributed by atoms with Crippen molar-refractivity contribution in [2.45, 2.75) is 26.3 Å². The van der Waals surface area contributed by atoms with E-state index in [9.17, 15) is 14.4 Å². The van der Waals surface area contributed by atoms with Crippen LogP contribution in [0.3, 0.4) is 0 Å². The van der Waals surface area contributed by atoms with Gasteiger partial charge >= 0.3 is 17.8 Å². The molecular weight excluding hydrogens is 210 g/mol. The molecule has 6 nitrogen and oxygen atoms in total. The molecule has 1 atom stereocenters. The Hall–Kier alpha value is -1.43. The molecule has 90 valence electrons. The summed E-state index contributed by atoms with van der Waals surface area (Å²) in [6, 6.07) is -0.232. The fraction of sp³-hybridized carbons (Fsp3) is 0.700. The normalized spacial score (nSPS) is 18.2. The molecule has 1 N–H and O–H groups in total. The summed E-state index contributed by atoms with van der Waals surface area (Å²) >= 11 is 0. The van der Waals surface area contributed by atoms with Crippen LogP contribution in [0.25, 0.3) is 0 Å². The number of amides is 4. The summed E-state index contributed by atoms with van der Waals surface area (Å²) < 4.78 is 0. The molecule has 0 aromatic carbocycles. The van der Waals surface area contributed by atoms with E-state index in [1.807, 2.05) is 17.3 Å². The number of imide groups is 2. The minimum atomic E-state index is -0.837. The zero-order valence-corrected chi connectivity index (χ0v) is 9.82. The fourth-order valence-electron chi connectivity index (χ4n) is 1.43. The van der Waals surface area contributed by atoms with Crippen molar-refractivity contribution in [3.8, 4) is 0 Å². The lowest BCUT2D eigenvalue weighted by molar-refractivity contribution is -0.140. The first-order chi connectivity index (χ1) is 7.47. The smallest absolute Gasteiger partial charge is 0.302 e. The van der Waals surface area contributed by atoms with E-state index >= 15 is 0 Å². The van der Waals surface area contributed by atoms with Crippen molar-refractivity contribution in [3.63, 3.8) is 0 Å². The van der Waals surface area contributed by atoms with E-state index in [0.717, 1.165) is 11.3 Å². The Bertz CT molecular complexity index is 316. The van der Waals surface area contributed by atoms with Gasteiger partial charge in [0.25, 0.3) is 0 Å². The van der Waals surface area contributed by atoms with Crippen molar-refractivity contribution in [1.82, 2.24) is 15.1 Å². The summed E-state index contributed by atoms with van der Waals surface area (Å²) in [6.07, 6.45) is 0.996. The Morgan fingerprint density at radius 2 is 2.00 bits per heavy atom. The molecule has 1 aliphatic heterocycles. The summed E-state index contributed by atoms with van der Waals surface area (Å²) in [4.78, 5) is 36.3. The van der Waals surface area contributed by atoms with Gasteiger partial charge in [-0.1, -0.05) is 6.92 Å². The van der Waals surface area contributed by atoms with Gasteiger partial charge in [0.2, 0.25) is 0 Å². The van der Waals surface area contributed by atoms with Crippen LogP contribution in [0.2, 0.25) is 0 Å². The van der Waals surface area contributed by atoms with Gasteiger partial charge in [-0.25, -0.2) is 4.79 Å². The Morgan fingerprint density at radius 1 is 1.38 bits per heavy atom. The summed E-state index contributed by atoms with van der Waals surface area (Å²) in [5, 5.41) is 1.96. The minimum absolute atomic E-state index is 0.247. The molecule has 0 saturated carbocycles. The second-order valence-corrected chi connectivity index (χ2v) is 3.95. The lowest BCUT2D eigenvalue weighted by Gasteiger charge is -2.24. The molecule has 0 spiro atoms. The zero-order chi connectivity index (χ0) is 12.3. The van der Waals surface area contributed by atoms with Gasteiger partial charge in [-0.15, -0.1) is 0 Å². The third-order valence-electron chi connectivity index (χ3n) is 2.92. The Balaban J connectivity index is 2.47. The highest BCUT2D eigenvalue weighted by atomic mass is 16.2. The van der Waals surface area contributed by atoms with E-state index in [0.29, 0.717) is 12.6 Å². The van der Waals surface area contributed by atoms with Gasteiger partial charge in [0.15, 0.2) is 0 Å². The molecule has 1 fully saturated rings. The van der Waals surface area contributed by atoms with E-state index in [1.54, 1.807) is 0 Å². The number of nitrogens with one attached hydrogen (secondary N) is 1. The van der Waals surface area contributed by atoms with Gasteiger partial charge in [0.05, 0.1) is 0 Å². The third kappa shape index (κ3) is 2.57. The molecule has 1 unspecified atom stereocenters. The predicted octanol–water partition coefficient (Wildman–Crippen LogP) is -0.205. The predicted molar refractivity (Wildman–Crippen MR) is 57.6 cm³/mol. The SMILES string of the molecule is CCC(C)N(C)CCN1C(=O)NC(=O)C1=O. The molecule has 0 radical (unpaired) electrons. The van der Waals surface area contributed by atoms with Crippen molar-refractivity contribution < 1.29 is 14.4 Å². The maximum absolute atomic E-state index is 11.2. The first-order valence-corrected chi connectivity index (χ1v) is 5.34. The lowest BCUT2D eigenvalue weighted by atomic mass is 10.2. The first-order valence-electron chi connectivity index (χ1n) is 5.34. The molecule has 1 rings (SSSR count). The third-order valence-corrected chi connectivity index (χ3v) is 2.92. The lowest BCUT2D eigenvalue weighted by Crippen LogP contribution is -2.40. The number of likely N-dealkylation sites (N-methyl/N-ethyl adjacent to an activating group) is 1. The van der Waals surface area contributed by atoms with Crippen LogP contribution in [0.5, 0.6) is 0 Å². The Morgan fingerprint density at radius 3 is 2.44 bits per heavy atom. The average Bonchev–Trinajstić information content (AvgIpc) is 2.49. The number of carbonyl (C=O) groups is 3. The fourth-order valence-corrected chi connectivity index (χ4v) is 1.43. The van der Waals surface area contributed by atoms with Crippen LogP contribution in [0.4, 0.5) is 4.79 Å². The standard InChI is InChI=1S/C10H17N3O3/c1-4-7(2)12(3)5-6-13-9(15)8(14)11-10(13)16/h7H,4-6H2,1-3H3,(H,11,14,16). The van der Waals surface area contributed by atoms with Crippen molar-refractivity contribution in [1.29, 1.82) is 0 Å². The van der Waals surface area contributed by atoms with Gasteiger partial charge in [0.1, 0.15) is 0 Å². The van der Waals surface area contributed by atoms with Crippen molar-refractivity contribution in [2.24, 2.45) is 0 Å². The van der Waals surface area contributed by atoms with E-state index < -0.39 is 17.8 Å². The monoisotopic (exact) mass is 227 g/mol. The van der Waals surface area contributed by atoms with E-state index in [4.69, 9.17) is 0 Å². The van der Waals surface area contributed by atoms with E-state index in [-0.39, 0.29) is 6.54 Å². The van der Waals surface area contributed by atoms with Crippen LogP contribution in [-0.4, -0.2) is 53.8 Å². The maximum atomic E-state index is 11.2. The molecule has 6 heteroatoms. The van der Waals surface area contributed by atoms with Gasteiger partial charge < -0.3 is 4.90 Å². The van der Waals surface area contributed by atoms with Gasteiger partial charge in [-0.05, 0) is 20.4 Å². The molecule has 0 aliphatic carbocycles. The molecule has 4 amide bonds. The van der Waals surface area contributed by atoms with Gasteiger partial charge in [0, 0.05) is 19.1 Å². The quantitative estimate of drug-likeness (QED) is 0.521. The Labute approximate surface area is 94.6 Å². The summed E-state index contributed by atoms with van der Waals surface area (Å²) in [6.45, 7) is 4.95. The number of rotatable bonds is 5. The van der Waals surface area contributed by atoms with Crippen LogP contribution in [0.15, 0.2) is 0 Å². The number of hydrogen-bond donors (Lipinski definition) is 1. The van der Waals surface area contributed by atoms with E-state index in [2.05, 4.69) is 13.8 Å². The highest BCUT2D eigenvalue weighted by Crippen LogP contribution is 2.03. The van der Waals surface area contributed by atoms with Gasteiger partial charge in [-0.3, -0.25) is 19.8 Å². The number of urea groups is 1. The molecule has 0 aromatic heterocycles. The molecule has 0 bridgehead atoms. The minimum Gasteiger partial charge on any atom is -0.302 e. The van der Waals surface area contributed by atoms with Crippen molar-refractivity contribution >= 4 is 17.8 Å². The second kappa shape index (κ2) is 5.07. The van der Waals surface area contributed by atoms with Crippen LogP contribution in [-0.2, 0) is 9.59 Å². The molecule has 16 heavy (non-hydrogen) atoms. The van der Waals surface area contributed by atoms with Crippen LogP contribution in [0.1, 0.15) is 20.3 Å². The number of carbonyl (C=O) groups excluding carboxylic acids is 3. The highest BCUT2D eigenvalue weighted by Gasteiger charge is 2.36. The maximum Gasteiger partial charge on any atom is 0.331 e. The topological polar surface area (TPSA) is 69.7 Å². The average molecular weight is 227 g/mol. The van der Waals surface area contributed by atoms with Crippen LogP contribution < -0.4 is 5.32 Å². The van der Waals surface area contributed by atoms with Crippen LogP contribution >= 0.6 is 0 Å². The van der Waals surface area contributed by atoms with Crippen molar-refractivity contribution in [3.05, 3.63) is 0 Å². The first kappa shape index (κ1) is 12.6.